The molecule has 2 unspecified atom stereocenters. The third-order valence-corrected chi connectivity index (χ3v) is 5.08. The van der Waals surface area contributed by atoms with Crippen molar-refractivity contribution in [1.29, 1.82) is 0 Å². The third-order valence-electron chi connectivity index (χ3n) is 4.31. The molecule has 0 heterocycles. The molecule has 2 rings (SSSR count). The summed E-state index contributed by atoms with van der Waals surface area (Å²) in [5, 5.41) is 0. The molecule has 1 aliphatic rings. The highest BCUT2D eigenvalue weighted by atomic mass is 79.9. The molecule has 0 spiro atoms. The van der Waals surface area contributed by atoms with Crippen LogP contribution in [0.25, 0.3) is 0 Å². The summed E-state index contributed by atoms with van der Waals surface area (Å²) < 4.78 is 6.47. The second-order valence-electron chi connectivity index (χ2n) is 6.49. The molecule has 106 valence electrons. The van der Waals surface area contributed by atoms with E-state index in [9.17, 15) is 0 Å². The van der Waals surface area contributed by atoms with Crippen LogP contribution in [-0.4, -0.2) is 13.2 Å². The monoisotopic (exact) mass is 325 g/mol. The van der Waals surface area contributed by atoms with Crippen molar-refractivity contribution in [2.45, 2.75) is 45.6 Å². The van der Waals surface area contributed by atoms with E-state index in [1.165, 1.54) is 18.4 Å². The highest BCUT2D eigenvalue weighted by molar-refractivity contribution is 9.10. The van der Waals surface area contributed by atoms with Gasteiger partial charge >= 0.3 is 0 Å². The van der Waals surface area contributed by atoms with E-state index in [4.69, 9.17) is 10.5 Å². The fourth-order valence-corrected chi connectivity index (χ4v) is 3.51. The molecule has 0 radical (unpaired) electrons. The molecule has 1 saturated carbocycles. The molecule has 1 aliphatic carbocycles. The van der Waals surface area contributed by atoms with Crippen molar-refractivity contribution in [1.82, 2.24) is 0 Å². The first kappa shape index (κ1) is 14.9. The molecular weight excluding hydrogens is 302 g/mol. The van der Waals surface area contributed by atoms with Crippen LogP contribution < -0.4 is 10.5 Å². The van der Waals surface area contributed by atoms with Crippen molar-refractivity contribution in [2.24, 2.45) is 17.1 Å². The molecule has 0 aromatic heterocycles. The first-order chi connectivity index (χ1) is 8.91. The van der Waals surface area contributed by atoms with E-state index in [1.807, 2.05) is 6.07 Å². The summed E-state index contributed by atoms with van der Waals surface area (Å²) in [6.07, 6.45) is 4.61. The van der Waals surface area contributed by atoms with Crippen molar-refractivity contribution < 1.29 is 4.74 Å². The maximum absolute atomic E-state index is 6.32. The van der Waals surface area contributed by atoms with Crippen molar-refractivity contribution in [3.8, 4) is 5.75 Å². The normalized spacial score (nSPS) is 26.2. The van der Waals surface area contributed by atoms with Gasteiger partial charge in [-0.1, -0.05) is 29.8 Å². The van der Waals surface area contributed by atoms with E-state index >= 15 is 0 Å². The standard InChI is InChI=1S/C16H24BrNO/c1-16(2)7-6-15(18)12(10-16)8-11-9-13(19-3)4-5-14(11)17/h4-5,9,12,15H,6-8,10,18H2,1-3H3. The molecule has 1 aromatic carbocycles. The average Bonchev–Trinajstić information content (AvgIpc) is 2.36. The maximum atomic E-state index is 6.32. The Labute approximate surface area is 124 Å². The summed E-state index contributed by atoms with van der Waals surface area (Å²) in [5.74, 6) is 1.48. The summed E-state index contributed by atoms with van der Waals surface area (Å²) in [6, 6.07) is 6.50. The van der Waals surface area contributed by atoms with Gasteiger partial charge in [0.25, 0.3) is 0 Å². The number of benzene rings is 1. The van der Waals surface area contributed by atoms with Crippen LogP contribution in [0.5, 0.6) is 5.75 Å². The van der Waals surface area contributed by atoms with Crippen molar-refractivity contribution in [2.75, 3.05) is 7.11 Å². The largest absolute Gasteiger partial charge is 0.497 e. The summed E-state index contributed by atoms with van der Waals surface area (Å²) in [5.41, 5.74) is 8.05. The first-order valence-corrected chi connectivity index (χ1v) is 7.78. The molecule has 19 heavy (non-hydrogen) atoms. The minimum absolute atomic E-state index is 0.325. The Morgan fingerprint density at radius 2 is 2.16 bits per heavy atom. The van der Waals surface area contributed by atoms with E-state index in [2.05, 4.69) is 41.9 Å². The summed E-state index contributed by atoms with van der Waals surface area (Å²) in [6.45, 7) is 4.71. The lowest BCUT2D eigenvalue weighted by atomic mass is 9.68. The lowest BCUT2D eigenvalue weighted by Gasteiger charge is -2.39. The Hall–Kier alpha value is -0.540. The molecule has 0 saturated heterocycles. The lowest BCUT2D eigenvalue weighted by Crippen LogP contribution is -2.40. The number of hydrogen-bond donors (Lipinski definition) is 1. The molecule has 0 amide bonds. The fraction of sp³-hybridized carbons (Fsp3) is 0.625. The molecule has 3 heteroatoms. The SMILES string of the molecule is COc1ccc(Br)c(CC2CC(C)(C)CCC2N)c1. The second-order valence-corrected chi connectivity index (χ2v) is 7.35. The van der Waals surface area contributed by atoms with Crippen molar-refractivity contribution in [3.05, 3.63) is 28.2 Å². The third kappa shape index (κ3) is 3.73. The Morgan fingerprint density at radius 3 is 2.84 bits per heavy atom. The summed E-state index contributed by atoms with van der Waals surface area (Å²) in [4.78, 5) is 0. The Morgan fingerprint density at radius 1 is 1.42 bits per heavy atom. The number of hydrogen-bond acceptors (Lipinski definition) is 2. The minimum Gasteiger partial charge on any atom is -0.497 e. The number of nitrogens with two attached hydrogens (primary N) is 1. The second kappa shape index (κ2) is 5.84. The highest BCUT2D eigenvalue weighted by Crippen LogP contribution is 2.40. The van der Waals surface area contributed by atoms with Crippen molar-refractivity contribution in [3.63, 3.8) is 0 Å². The van der Waals surface area contributed by atoms with Gasteiger partial charge in [-0.25, -0.2) is 0 Å². The van der Waals surface area contributed by atoms with Gasteiger partial charge in [0.2, 0.25) is 0 Å². The fourth-order valence-electron chi connectivity index (χ4n) is 3.10. The molecule has 1 aromatic rings. The summed E-state index contributed by atoms with van der Waals surface area (Å²) >= 11 is 3.64. The zero-order valence-electron chi connectivity index (χ0n) is 12.1. The van der Waals surface area contributed by atoms with Crippen LogP contribution in [0.1, 0.15) is 38.7 Å². The van der Waals surface area contributed by atoms with Crippen LogP contribution in [0.4, 0.5) is 0 Å². The number of ether oxygens (including phenoxy) is 1. The van der Waals surface area contributed by atoms with E-state index in [-0.39, 0.29) is 0 Å². The smallest absolute Gasteiger partial charge is 0.119 e. The van der Waals surface area contributed by atoms with E-state index in [0.29, 0.717) is 17.4 Å². The molecule has 1 fully saturated rings. The van der Waals surface area contributed by atoms with Gasteiger partial charge in [-0.05, 0) is 60.8 Å². The van der Waals surface area contributed by atoms with Gasteiger partial charge in [-0.2, -0.15) is 0 Å². The van der Waals surface area contributed by atoms with Gasteiger partial charge in [0, 0.05) is 10.5 Å². The number of halogens is 1. The van der Waals surface area contributed by atoms with Gasteiger partial charge < -0.3 is 10.5 Å². The van der Waals surface area contributed by atoms with Gasteiger partial charge in [0.1, 0.15) is 5.75 Å². The van der Waals surface area contributed by atoms with Gasteiger partial charge in [0.15, 0.2) is 0 Å². The Kier molecular flexibility index (Phi) is 4.57. The zero-order valence-corrected chi connectivity index (χ0v) is 13.7. The maximum Gasteiger partial charge on any atom is 0.119 e. The van der Waals surface area contributed by atoms with Gasteiger partial charge in [-0.15, -0.1) is 0 Å². The van der Waals surface area contributed by atoms with E-state index in [1.54, 1.807) is 7.11 Å². The molecule has 2 nitrogen and oxygen atoms in total. The van der Waals surface area contributed by atoms with E-state index < -0.39 is 0 Å². The van der Waals surface area contributed by atoms with Gasteiger partial charge in [-0.3, -0.25) is 0 Å². The zero-order chi connectivity index (χ0) is 14.0. The number of methoxy groups -OCH3 is 1. The molecule has 2 atom stereocenters. The lowest BCUT2D eigenvalue weighted by molar-refractivity contribution is 0.157. The van der Waals surface area contributed by atoms with E-state index in [0.717, 1.165) is 23.1 Å². The predicted octanol–water partition coefficient (Wildman–Crippen LogP) is 4.15. The topological polar surface area (TPSA) is 35.2 Å². The Bertz CT molecular complexity index is 444. The van der Waals surface area contributed by atoms with Gasteiger partial charge in [0.05, 0.1) is 7.11 Å². The Balaban J connectivity index is 2.15. The average molecular weight is 326 g/mol. The van der Waals surface area contributed by atoms with Crippen LogP contribution in [0, 0.1) is 11.3 Å². The molecule has 0 bridgehead atoms. The minimum atomic E-state index is 0.325. The van der Waals surface area contributed by atoms with Crippen LogP contribution >= 0.6 is 15.9 Å². The molecular formula is C16H24BrNO. The van der Waals surface area contributed by atoms with Crippen LogP contribution in [0.15, 0.2) is 22.7 Å². The summed E-state index contributed by atoms with van der Waals surface area (Å²) in [7, 11) is 1.71. The predicted molar refractivity (Wildman–Crippen MR) is 83.5 cm³/mol. The molecule has 2 N–H and O–H groups in total. The first-order valence-electron chi connectivity index (χ1n) is 6.99. The van der Waals surface area contributed by atoms with Crippen LogP contribution in [0.3, 0.4) is 0 Å². The van der Waals surface area contributed by atoms with Crippen LogP contribution in [-0.2, 0) is 6.42 Å². The quantitative estimate of drug-likeness (QED) is 0.905. The molecule has 0 aliphatic heterocycles. The van der Waals surface area contributed by atoms with Crippen LogP contribution in [0.2, 0.25) is 0 Å². The van der Waals surface area contributed by atoms with Crippen molar-refractivity contribution >= 4 is 15.9 Å². The number of rotatable bonds is 3. The highest BCUT2D eigenvalue weighted by Gasteiger charge is 2.33.